The van der Waals surface area contributed by atoms with Crippen molar-refractivity contribution in [2.45, 2.75) is 70.7 Å². The molecule has 4 rings (SSSR count). The lowest BCUT2D eigenvalue weighted by molar-refractivity contribution is -0.155. The number of benzene rings is 1. The van der Waals surface area contributed by atoms with Gasteiger partial charge in [-0.1, -0.05) is 26.0 Å². The number of rotatable bonds is 4. The highest BCUT2D eigenvalue weighted by Gasteiger charge is 2.49. The average Bonchev–Trinajstić information content (AvgIpc) is 2.98. The fourth-order valence-electron chi connectivity index (χ4n) is 4.76. The molecular weight excluding hydrogens is 373 g/mol. The number of H-pyrrole nitrogens is 1. The van der Waals surface area contributed by atoms with E-state index >= 15 is 0 Å². The minimum atomic E-state index is -1.08. The quantitative estimate of drug-likeness (QED) is 0.736. The van der Waals surface area contributed by atoms with Gasteiger partial charge in [-0.3, -0.25) is 9.59 Å². The fraction of sp³-hybridized carbons (Fsp3) is 0.545. The van der Waals surface area contributed by atoms with Crippen molar-refractivity contribution in [3.05, 3.63) is 35.3 Å². The third-order valence-electron chi connectivity index (χ3n) is 5.90. The van der Waals surface area contributed by atoms with Crippen LogP contribution in [0.25, 0.3) is 10.9 Å². The number of carbonyl (C=O) groups excluding carboxylic acids is 2. The van der Waals surface area contributed by atoms with Crippen molar-refractivity contribution in [1.29, 1.82) is 0 Å². The summed E-state index contributed by atoms with van der Waals surface area (Å²) < 4.78 is 14.4. The molecule has 29 heavy (non-hydrogen) atoms. The third-order valence-corrected chi connectivity index (χ3v) is 5.90. The largest absolute Gasteiger partial charge is 0.390 e. The van der Waals surface area contributed by atoms with Gasteiger partial charge < -0.3 is 20.3 Å². The molecule has 3 heterocycles. The number of hydrogen-bond donors (Lipinski definition) is 3. The van der Waals surface area contributed by atoms with Crippen molar-refractivity contribution in [3.8, 4) is 0 Å². The van der Waals surface area contributed by atoms with Crippen molar-refractivity contribution >= 4 is 22.7 Å². The molecule has 7 heteroatoms. The number of carbonyl (C=O) groups is 2. The SMILES string of the molecule is CC(C)C[C@H]1c2[nH]c3c(F)cccc3c2C[C@H]2C(=O)N[C@@H](CC(C)(C)O)C(=O)N21. The highest BCUT2D eigenvalue weighted by Crippen LogP contribution is 2.42. The van der Waals surface area contributed by atoms with Gasteiger partial charge in [-0.15, -0.1) is 0 Å². The molecule has 156 valence electrons. The Labute approximate surface area is 169 Å². The molecule has 2 aliphatic heterocycles. The van der Waals surface area contributed by atoms with Crippen LogP contribution in [-0.4, -0.2) is 44.5 Å². The summed E-state index contributed by atoms with van der Waals surface area (Å²) in [4.78, 5) is 31.2. The van der Waals surface area contributed by atoms with Gasteiger partial charge in [-0.05, 0) is 37.8 Å². The molecule has 3 atom stereocenters. The van der Waals surface area contributed by atoms with Gasteiger partial charge in [0.05, 0.1) is 17.2 Å². The summed E-state index contributed by atoms with van der Waals surface area (Å²) in [5.41, 5.74) is 1.07. The van der Waals surface area contributed by atoms with Gasteiger partial charge in [0.15, 0.2) is 0 Å². The number of piperazine rings is 1. The molecule has 0 saturated carbocycles. The molecule has 6 nitrogen and oxygen atoms in total. The van der Waals surface area contributed by atoms with Gasteiger partial charge in [-0.25, -0.2) is 4.39 Å². The van der Waals surface area contributed by atoms with Crippen molar-refractivity contribution < 1.29 is 19.1 Å². The van der Waals surface area contributed by atoms with Crippen LogP contribution in [0, 0.1) is 11.7 Å². The Balaban J connectivity index is 1.83. The maximum absolute atomic E-state index is 14.4. The first kappa shape index (κ1) is 19.9. The van der Waals surface area contributed by atoms with E-state index in [9.17, 15) is 19.1 Å². The van der Waals surface area contributed by atoms with E-state index in [-0.39, 0.29) is 36.0 Å². The standard InChI is InChI=1S/C22H28FN3O3/c1-11(2)8-16-19-13(12-6-5-7-14(23)18(12)25-19)9-17-20(27)24-15(10-22(3,4)29)21(28)26(16)17/h5-7,11,15-17,25,29H,8-10H2,1-4H3,(H,24,27)/t15-,16-,17-/m0/s1. The van der Waals surface area contributed by atoms with Crippen LogP contribution < -0.4 is 5.32 Å². The zero-order chi connectivity index (χ0) is 21.1. The van der Waals surface area contributed by atoms with E-state index in [1.165, 1.54) is 6.07 Å². The number of hydrogen-bond acceptors (Lipinski definition) is 3. The molecule has 1 fully saturated rings. The second-order valence-corrected chi connectivity index (χ2v) is 9.37. The molecule has 0 radical (unpaired) electrons. The van der Waals surface area contributed by atoms with Gasteiger partial charge in [-0.2, -0.15) is 0 Å². The van der Waals surface area contributed by atoms with Crippen LogP contribution in [0.1, 0.15) is 57.8 Å². The van der Waals surface area contributed by atoms with Crippen molar-refractivity contribution in [1.82, 2.24) is 15.2 Å². The van der Waals surface area contributed by atoms with Gasteiger partial charge in [0.2, 0.25) is 11.8 Å². The van der Waals surface area contributed by atoms with Crippen LogP contribution in [0.15, 0.2) is 18.2 Å². The molecule has 1 aromatic carbocycles. The molecule has 0 spiro atoms. The Bertz CT molecular complexity index is 976. The van der Waals surface area contributed by atoms with Crippen molar-refractivity contribution in [2.75, 3.05) is 0 Å². The maximum atomic E-state index is 14.4. The number of amides is 2. The average molecular weight is 401 g/mol. The zero-order valence-corrected chi connectivity index (χ0v) is 17.3. The first-order chi connectivity index (χ1) is 13.6. The number of para-hydroxylation sites is 1. The summed E-state index contributed by atoms with van der Waals surface area (Å²) >= 11 is 0. The van der Waals surface area contributed by atoms with Gasteiger partial charge in [0.25, 0.3) is 0 Å². The van der Waals surface area contributed by atoms with Crippen molar-refractivity contribution in [3.63, 3.8) is 0 Å². The molecule has 2 aromatic rings. The molecule has 0 aliphatic carbocycles. The monoisotopic (exact) mass is 401 g/mol. The number of fused-ring (bicyclic) bond motifs is 4. The Morgan fingerprint density at radius 3 is 2.69 bits per heavy atom. The van der Waals surface area contributed by atoms with Crippen LogP contribution in [0.2, 0.25) is 0 Å². The molecule has 1 saturated heterocycles. The van der Waals surface area contributed by atoms with E-state index in [2.05, 4.69) is 24.1 Å². The van der Waals surface area contributed by atoms with Crippen LogP contribution in [0.5, 0.6) is 0 Å². The Kier molecular flexibility index (Phi) is 4.69. The first-order valence-corrected chi connectivity index (χ1v) is 10.2. The molecule has 2 aliphatic rings. The van der Waals surface area contributed by atoms with E-state index in [0.717, 1.165) is 16.6 Å². The van der Waals surface area contributed by atoms with E-state index in [4.69, 9.17) is 0 Å². The molecule has 0 bridgehead atoms. The zero-order valence-electron chi connectivity index (χ0n) is 17.3. The second kappa shape index (κ2) is 6.83. The number of nitrogens with zero attached hydrogens (tertiary/aromatic N) is 1. The Morgan fingerprint density at radius 1 is 1.31 bits per heavy atom. The minimum Gasteiger partial charge on any atom is -0.390 e. The number of halogens is 1. The van der Waals surface area contributed by atoms with Crippen LogP contribution in [0.3, 0.4) is 0 Å². The molecule has 3 N–H and O–H groups in total. The first-order valence-electron chi connectivity index (χ1n) is 10.2. The van der Waals surface area contributed by atoms with E-state index < -0.39 is 17.7 Å². The number of aromatic amines is 1. The predicted molar refractivity (Wildman–Crippen MR) is 108 cm³/mol. The van der Waals surface area contributed by atoms with Crippen LogP contribution >= 0.6 is 0 Å². The minimum absolute atomic E-state index is 0.142. The highest BCUT2D eigenvalue weighted by molar-refractivity contribution is 5.99. The topological polar surface area (TPSA) is 85.4 Å². The van der Waals surface area contributed by atoms with E-state index in [1.54, 1.807) is 24.8 Å². The molecule has 2 amide bonds. The lowest BCUT2D eigenvalue weighted by atomic mass is 9.84. The Hall–Kier alpha value is -2.41. The lowest BCUT2D eigenvalue weighted by Gasteiger charge is -2.47. The summed E-state index contributed by atoms with van der Waals surface area (Å²) in [7, 11) is 0. The number of aromatic nitrogens is 1. The molecular formula is C22H28FN3O3. The number of aliphatic hydroxyl groups is 1. The van der Waals surface area contributed by atoms with Gasteiger partial charge >= 0.3 is 0 Å². The second-order valence-electron chi connectivity index (χ2n) is 9.37. The summed E-state index contributed by atoms with van der Waals surface area (Å²) in [6.45, 7) is 7.38. The normalized spacial score (nSPS) is 24.7. The third kappa shape index (κ3) is 3.41. The molecule has 1 aromatic heterocycles. The summed E-state index contributed by atoms with van der Waals surface area (Å²) in [6, 6.07) is 3.21. The van der Waals surface area contributed by atoms with Gasteiger partial charge in [0, 0.05) is 23.9 Å². The lowest BCUT2D eigenvalue weighted by Crippen LogP contribution is -2.66. The smallest absolute Gasteiger partial charge is 0.246 e. The van der Waals surface area contributed by atoms with E-state index in [0.29, 0.717) is 18.4 Å². The van der Waals surface area contributed by atoms with Crippen LogP contribution in [0.4, 0.5) is 4.39 Å². The highest BCUT2D eigenvalue weighted by atomic mass is 19.1. The Morgan fingerprint density at radius 2 is 2.03 bits per heavy atom. The maximum Gasteiger partial charge on any atom is 0.246 e. The van der Waals surface area contributed by atoms with E-state index in [1.807, 2.05) is 6.07 Å². The van der Waals surface area contributed by atoms with Crippen molar-refractivity contribution in [2.24, 2.45) is 5.92 Å². The fourth-order valence-corrected chi connectivity index (χ4v) is 4.76. The molecule has 0 unspecified atom stereocenters. The number of nitrogens with one attached hydrogen (secondary N) is 2. The summed E-state index contributed by atoms with van der Waals surface area (Å²) in [5.74, 6) is -0.474. The van der Waals surface area contributed by atoms with Gasteiger partial charge in [0.1, 0.15) is 17.9 Å². The summed E-state index contributed by atoms with van der Waals surface area (Å²) in [6.07, 6.45) is 1.15. The van der Waals surface area contributed by atoms with Crippen LogP contribution in [-0.2, 0) is 16.0 Å². The summed E-state index contributed by atoms with van der Waals surface area (Å²) in [5, 5.41) is 13.8. The predicted octanol–water partition coefficient (Wildman–Crippen LogP) is 2.81.